The van der Waals surface area contributed by atoms with Gasteiger partial charge in [-0.3, -0.25) is 0 Å². The standard InChI is InChI=1S/C20H15N3O2S/c1-12-17(13-5-3-2-4-6-13)18-19(21-10-22-20(18)26-12)23-14-7-8-15-16(9-14)25-11-24-15/h2-10H,11H2,1H3,(H,21,22,23). The summed E-state index contributed by atoms with van der Waals surface area (Å²) < 4.78 is 10.8. The van der Waals surface area contributed by atoms with Gasteiger partial charge in [0.15, 0.2) is 11.5 Å². The fourth-order valence-electron chi connectivity index (χ4n) is 3.20. The molecule has 2 aromatic carbocycles. The van der Waals surface area contributed by atoms with Crippen molar-refractivity contribution in [1.82, 2.24) is 9.97 Å². The second-order valence-electron chi connectivity index (χ2n) is 5.99. The van der Waals surface area contributed by atoms with E-state index in [9.17, 15) is 0 Å². The zero-order valence-corrected chi connectivity index (χ0v) is 14.8. The van der Waals surface area contributed by atoms with E-state index in [1.807, 2.05) is 36.4 Å². The second-order valence-corrected chi connectivity index (χ2v) is 7.20. The third kappa shape index (κ3) is 2.46. The van der Waals surface area contributed by atoms with Crippen LogP contribution in [0, 0.1) is 6.92 Å². The average Bonchev–Trinajstić information content (AvgIpc) is 3.26. The Hall–Kier alpha value is -3.12. The number of hydrogen-bond donors (Lipinski definition) is 1. The van der Waals surface area contributed by atoms with E-state index in [1.54, 1.807) is 17.7 Å². The van der Waals surface area contributed by atoms with Crippen LogP contribution < -0.4 is 14.8 Å². The lowest BCUT2D eigenvalue weighted by atomic mass is 10.0. The number of fused-ring (bicyclic) bond motifs is 2. The highest BCUT2D eigenvalue weighted by Gasteiger charge is 2.18. The van der Waals surface area contributed by atoms with Crippen LogP contribution >= 0.6 is 11.3 Å². The van der Waals surface area contributed by atoms with Crippen LogP contribution in [0.25, 0.3) is 21.3 Å². The summed E-state index contributed by atoms with van der Waals surface area (Å²) in [5.41, 5.74) is 3.24. The number of nitrogens with one attached hydrogen (secondary N) is 1. The van der Waals surface area contributed by atoms with Crippen molar-refractivity contribution in [1.29, 1.82) is 0 Å². The van der Waals surface area contributed by atoms with Crippen molar-refractivity contribution in [2.45, 2.75) is 6.92 Å². The number of benzene rings is 2. The van der Waals surface area contributed by atoms with Crippen LogP contribution in [0.3, 0.4) is 0 Å². The molecule has 0 amide bonds. The number of aryl methyl sites for hydroxylation is 1. The van der Waals surface area contributed by atoms with E-state index >= 15 is 0 Å². The Balaban J connectivity index is 1.64. The molecule has 5 nitrogen and oxygen atoms in total. The quantitative estimate of drug-likeness (QED) is 0.548. The van der Waals surface area contributed by atoms with E-state index in [4.69, 9.17) is 9.47 Å². The van der Waals surface area contributed by atoms with Crippen molar-refractivity contribution < 1.29 is 9.47 Å². The predicted molar refractivity (Wildman–Crippen MR) is 103 cm³/mol. The second kappa shape index (κ2) is 6.00. The maximum absolute atomic E-state index is 5.47. The molecule has 0 bridgehead atoms. The first-order chi connectivity index (χ1) is 12.8. The minimum atomic E-state index is 0.262. The van der Waals surface area contributed by atoms with E-state index in [0.717, 1.165) is 33.2 Å². The molecular formula is C20H15N3O2S. The molecule has 1 aliphatic heterocycles. The summed E-state index contributed by atoms with van der Waals surface area (Å²) in [7, 11) is 0. The molecule has 6 heteroatoms. The molecule has 0 fully saturated rings. The first-order valence-corrected chi connectivity index (χ1v) is 9.07. The van der Waals surface area contributed by atoms with Gasteiger partial charge in [-0.15, -0.1) is 11.3 Å². The summed E-state index contributed by atoms with van der Waals surface area (Å²) in [6, 6.07) is 16.1. The van der Waals surface area contributed by atoms with Crippen molar-refractivity contribution in [3.8, 4) is 22.6 Å². The van der Waals surface area contributed by atoms with Gasteiger partial charge in [-0.05, 0) is 24.6 Å². The van der Waals surface area contributed by atoms with Gasteiger partial charge in [-0.25, -0.2) is 9.97 Å². The van der Waals surface area contributed by atoms with Crippen LogP contribution in [-0.2, 0) is 0 Å². The van der Waals surface area contributed by atoms with Crippen LogP contribution in [0.2, 0.25) is 0 Å². The molecule has 0 unspecified atom stereocenters. The number of rotatable bonds is 3. The van der Waals surface area contributed by atoms with Crippen molar-refractivity contribution in [3.05, 3.63) is 59.7 Å². The lowest BCUT2D eigenvalue weighted by Gasteiger charge is -2.09. The Morgan fingerprint density at radius 1 is 1.00 bits per heavy atom. The summed E-state index contributed by atoms with van der Waals surface area (Å²) in [5.74, 6) is 2.29. The molecule has 0 saturated heterocycles. The number of ether oxygens (including phenoxy) is 2. The molecular weight excluding hydrogens is 346 g/mol. The van der Waals surface area contributed by atoms with E-state index in [2.05, 4.69) is 34.3 Å². The van der Waals surface area contributed by atoms with Gasteiger partial charge >= 0.3 is 0 Å². The molecule has 5 rings (SSSR count). The maximum atomic E-state index is 5.47. The van der Waals surface area contributed by atoms with Crippen LogP contribution in [-0.4, -0.2) is 16.8 Å². The number of hydrogen-bond acceptors (Lipinski definition) is 6. The monoisotopic (exact) mass is 361 g/mol. The molecule has 26 heavy (non-hydrogen) atoms. The third-order valence-electron chi connectivity index (χ3n) is 4.36. The van der Waals surface area contributed by atoms with E-state index in [-0.39, 0.29) is 6.79 Å². The lowest BCUT2D eigenvalue weighted by Crippen LogP contribution is -1.96. The molecule has 128 valence electrons. The van der Waals surface area contributed by atoms with Gasteiger partial charge < -0.3 is 14.8 Å². The Morgan fingerprint density at radius 3 is 2.73 bits per heavy atom. The SMILES string of the molecule is Cc1sc2ncnc(Nc3ccc4c(c3)OCO4)c2c1-c1ccccc1. The smallest absolute Gasteiger partial charge is 0.231 e. The van der Waals surface area contributed by atoms with Gasteiger partial charge in [0.05, 0.1) is 5.39 Å². The summed E-state index contributed by atoms with van der Waals surface area (Å²) in [6.45, 7) is 2.39. The number of aromatic nitrogens is 2. The predicted octanol–water partition coefficient (Wildman–Crippen LogP) is 5.14. The number of thiophene rings is 1. The molecule has 0 radical (unpaired) electrons. The van der Waals surface area contributed by atoms with Crippen LogP contribution in [0.4, 0.5) is 11.5 Å². The van der Waals surface area contributed by atoms with E-state index in [0.29, 0.717) is 0 Å². The highest BCUT2D eigenvalue weighted by Crippen LogP contribution is 2.41. The zero-order valence-electron chi connectivity index (χ0n) is 14.0. The van der Waals surface area contributed by atoms with Gasteiger partial charge in [0.2, 0.25) is 6.79 Å². The van der Waals surface area contributed by atoms with Crippen molar-refractivity contribution in [3.63, 3.8) is 0 Å². The summed E-state index contributed by atoms with van der Waals surface area (Å²) >= 11 is 1.68. The van der Waals surface area contributed by atoms with E-state index < -0.39 is 0 Å². The molecule has 1 N–H and O–H groups in total. The largest absolute Gasteiger partial charge is 0.454 e. The number of nitrogens with zero attached hydrogens (tertiary/aromatic N) is 2. The molecule has 0 spiro atoms. The van der Waals surface area contributed by atoms with Crippen molar-refractivity contribution in [2.24, 2.45) is 0 Å². The van der Waals surface area contributed by atoms with Crippen LogP contribution in [0.1, 0.15) is 4.88 Å². The fraction of sp³-hybridized carbons (Fsp3) is 0.100. The first kappa shape index (κ1) is 15.2. The lowest BCUT2D eigenvalue weighted by molar-refractivity contribution is 0.174. The zero-order chi connectivity index (χ0) is 17.5. The normalized spacial score (nSPS) is 12.5. The van der Waals surface area contributed by atoms with Gasteiger partial charge in [-0.2, -0.15) is 0 Å². The summed E-state index contributed by atoms with van der Waals surface area (Å²) in [6.07, 6.45) is 1.60. The Kier molecular flexibility index (Phi) is 3.50. The van der Waals surface area contributed by atoms with Crippen molar-refractivity contribution >= 4 is 33.1 Å². The first-order valence-electron chi connectivity index (χ1n) is 8.26. The minimum absolute atomic E-state index is 0.262. The van der Waals surface area contributed by atoms with E-state index in [1.165, 1.54) is 16.0 Å². The maximum Gasteiger partial charge on any atom is 0.231 e. The minimum Gasteiger partial charge on any atom is -0.454 e. The molecule has 3 heterocycles. The summed E-state index contributed by atoms with van der Waals surface area (Å²) in [4.78, 5) is 11.2. The number of anilines is 2. The molecule has 0 atom stereocenters. The average molecular weight is 361 g/mol. The Bertz CT molecular complexity index is 1110. The van der Waals surface area contributed by atoms with Gasteiger partial charge in [0, 0.05) is 22.2 Å². The topological polar surface area (TPSA) is 56.3 Å². The third-order valence-corrected chi connectivity index (χ3v) is 5.38. The fourth-order valence-corrected chi connectivity index (χ4v) is 4.22. The van der Waals surface area contributed by atoms with Crippen LogP contribution in [0.15, 0.2) is 54.9 Å². The molecule has 1 aliphatic rings. The van der Waals surface area contributed by atoms with Gasteiger partial charge in [0.25, 0.3) is 0 Å². The Labute approximate surface area is 154 Å². The Morgan fingerprint density at radius 2 is 1.85 bits per heavy atom. The highest BCUT2D eigenvalue weighted by molar-refractivity contribution is 7.19. The molecule has 0 saturated carbocycles. The summed E-state index contributed by atoms with van der Waals surface area (Å²) in [5, 5.41) is 4.46. The highest BCUT2D eigenvalue weighted by atomic mass is 32.1. The van der Waals surface area contributed by atoms with Crippen molar-refractivity contribution in [2.75, 3.05) is 12.1 Å². The van der Waals surface area contributed by atoms with Gasteiger partial charge in [0.1, 0.15) is 17.0 Å². The molecule has 2 aromatic heterocycles. The van der Waals surface area contributed by atoms with Crippen LogP contribution in [0.5, 0.6) is 11.5 Å². The van der Waals surface area contributed by atoms with Gasteiger partial charge in [-0.1, -0.05) is 30.3 Å². The molecule has 0 aliphatic carbocycles. The molecule has 4 aromatic rings.